The summed E-state index contributed by atoms with van der Waals surface area (Å²) < 4.78 is 0. The standard InChI is InChI=1S/C18H20N4O4/c1-9(20-18(26)21-15-12(23)3-2-8-19-15)22-16(24)13-10-4-5-11(7-6-10)14(13)17(22)25/h2-5,8-11,13-14,23H,6-7H2,1H3,(H2,19,20,21,26)/t9-,10-,11-,13-,14+/m0/s1. The number of allylic oxidation sites excluding steroid dienone is 2. The molecule has 2 bridgehead atoms. The Bertz CT molecular complexity index is 776. The molecule has 8 heteroatoms. The van der Waals surface area contributed by atoms with E-state index in [0.29, 0.717) is 0 Å². The first-order valence-electron chi connectivity index (χ1n) is 8.74. The first-order valence-corrected chi connectivity index (χ1v) is 8.74. The molecule has 3 aliphatic carbocycles. The number of rotatable bonds is 3. The van der Waals surface area contributed by atoms with E-state index in [1.54, 1.807) is 6.92 Å². The Labute approximate surface area is 150 Å². The first kappa shape index (κ1) is 16.6. The van der Waals surface area contributed by atoms with Gasteiger partial charge in [-0.15, -0.1) is 0 Å². The van der Waals surface area contributed by atoms with Crippen LogP contribution in [0.15, 0.2) is 30.5 Å². The molecular weight excluding hydrogens is 336 g/mol. The zero-order valence-corrected chi connectivity index (χ0v) is 14.3. The number of carbonyl (C=O) groups is 3. The monoisotopic (exact) mass is 356 g/mol. The third kappa shape index (κ3) is 2.53. The highest BCUT2D eigenvalue weighted by molar-refractivity contribution is 6.06. The highest BCUT2D eigenvalue weighted by Crippen LogP contribution is 2.49. The molecule has 1 saturated carbocycles. The van der Waals surface area contributed by atoms with Crippen LogP contribution in [0.5, 0.6) is 5.75 Å². The second kappa shape index (κ2) is 6.12. The van der Waals surface area contributed by atoms with E-state index in [1.165, 1.54) is 23.2 Å². The van der Waals surface area contributed by atoms with E-state index in [9.17, 15) is 19.5 Å². The van der Waals surface area contributed by atoms with Gasteiger partial charge < -0.3 is 10.4 Å². The maximum Gasteiger partial charge on any atom is 0.322 e. The fourth-order valence-corrected chi connectivity index (χ4v) is 4.37. The molecule has 5 rings (SSSR count). The van der Waals surface area contributed by atoms with Gasteiger partial charge in [0, 0.05) is 6.20 Å². The van der Waals surface area contributed by atoms with Gasteiger partial charge in [-0.1, -0.05) is 12.2 Å². The summed E-state index contributed by atoms with van der Waals surface area (Å²) in [5, 5.41) is 14.7. The van der Waals surface area contributed by atoms with E-state index < -0.39 is 12.2 Å². The molecule has 0 spiro atoms. The number of imide groups is 1. The lowest BCUT2D eigenvalue weighted by molar-refractivity contribution is -0.142. The van der Waals surface area contributed by atoms with E-state index in [4.69, 9.17) is 0 Å². The highest BCUT2D eigenvalue weighted by Gasteiger charge is 2.57. The minimum absolute atomic E-state index is 0.00666. The number of nitrogens with one attached hydrogen (secondary N) is 2. The normalized spacial score (nSPS) is 30.3. The molecule has 2 heterocycles. The van der Waals surface area contributed by atoms with Crippen molar-refractivity contribution in [1.29, 1.82) is 0 Å². The van der Waals surface area contributed by atoms with Gasteiger partial charge in [0.15, 0.2) is 11.6 Å². The summed E-state index contributed by atoms with van der Waals surface area (Å²) in [7, 11) is 0. The molecule has 1 saturated heterocycles. The number of likely N-dealkylation sites (tertiary alicyclic amines) is 1. The lowest BCUT2D eigenvalue weighted by Crippen LogP contribution is -2.50. The number of anilines is 1. The molecule has 4 amide bonds. The Morgan fingerprint density at radius 1 is 1.23 bits per heavy atom. The number of amides is 4. The zero-order chi connectivity index (χ0) is 18.4. The summed E-state index contributed by atoms with van der Waals surface area (Å²) in [4.78, 5) is 42.8. The van der Waals surface area contributed by atoms with E-state index in [1.807, 2.05) is 0 Å². The second-order valence-corrected chi connectivity index (χ2v) is 7.03. The molecule has 1 aromatic rings. The van der Waals surface area contributed by atoms with Crippen molar-refractivity contribution in [2.45, 2.75) is 25.9 Å². The molecular formula is C18H20N4O4. The van der Waals surface area contributed by atoms with Crippen LogP contribution in [0.4, 0.5) is 10.6 Å². The summed E-state index contributed by atoms with van der Waals surface area (Å²) in [6.07, 6.45) is 6.61. The van der Waals surface area contributed by atoms with E-state index in [2.05, 4.69) is 27.8 Å². The number of carbonyl (C=O) groups excluding carboxylic acids is 3. The number of hydrogen-bond acceptors (Lipinski definition) is 5. The van der Waals surface area contributed by atoms with Crippen LogP contribution in [0.2, 0.25) is 0 Å². The van der Waals surface area contributed by atoms with Crippen LogP contribution in [-0.2, 0) is 9.59 Å². The SMILES string of the molecule is C[C@@H](NC(=O)Nc1ncccc1O)N1C(=O)[C@@H]2[C@H](C1=O)[C@H]1C=C[C@H]2CC1. The lowest BCUT2D eigenvalue weighted by atomic mass is 9.63. The predicted molar refractivity (Wildman–Crippen MR) is 91.7 cm³/mol. The van der Waals surface area contributed by atoms with Gasteiger partial charge in [0.2, 0.25) is 11.8 Å². The molecule has 3 N–H and O–H groups in total. The summed E-state index contributed by atoms with van der Waals surface area (Å²) in [5.74, 6) is -0.989. The fourth-order valence-electron chi connectivity index (χ4n) is 4.37. The summed E-state index contributed by atoms with van der Waals surface area (Å²) in [6.45, 7) is 1.60. The minimum Gasteiger partial charge on any atom is -0.504 e. The van der Waals surface area contributed by atoms with Crippen molar-refractivity contribution in [2.75, 3.05) is 5.32 Å². The largest absolute Gasteiger partial charge is 0.504 e. The van der Waals surface area contributed by atoms with Gasteiger partial charge in [0.05, 0.1) is 11.8 Å². The number of hydrogen-bond donors (Lipinski definition) is 3. The van der Waals surface area contributed by atoms with Gasteiger partial charge in [-0.2, -0.15) is 0 Å². The van der Waals surface area contributed by atoms with Gasteiger partial charge in [-0.3, -0.25) is 19.8 Å². The maximum atomic E-state index is 12.8. The third-order valence-electron chi connectivity index (χ3n) is 5.54. The Hall–Kier alpha value is -2.90. The first-order chi connectivity index (χ1) is 12.5. The number of nitrogens with zero attached hydrogens (tertiary/aromatic N) is 2. The van der Waals surface area contributed by atoms with Gasteiger partial charge >= 0.3 is 6.03 Å². The van der Waals surface area contributed by atoms with Gasteiger partial charge in [0.25, 0.3) is 0 Å². The van der Waals surface area contributed by atoms with Gasteiger partial charge in [-0.05, 0) is 43.7 Å². The number of pyridine rings is 1. The molecule has 0 radical (unpaired) electrons. The minimum atomic E-state index is -0.786. The lowest BCUT2D eigenvalue weighted by Gasteiger charge is -2.38. The van der Waals surface area contributed by atoms with Crippen molar-refractivity contribution in [3.05, 3.63) is 30.5 Å². The van der Waals surface area contributed by atoms with Crippen LogP contribution >= 0.6 is 0 Å². The van der Waals surface area contributed by atoms with Crippen molar-refractivity contribution < 1.29 is 19.5 Å². The van der Waals surface area contributed by atoms with Gasteiger partial charge in [0.1, 0.15) is 6.17 Å². The molecule has 1 aromatic heterocycles. The van der Waals surface area contributed by atoms with Crippen LogP contribution in [0.3, 0.4) is 0 Å². The highest BCUT2D eigenvalue weighted by atomic mass is 16.3. The quantitative estimate of drug-likeness (QED) is 0.561. The molecule has 136 valence electrons. The van der Waals surface area contributed by atoms with Crippen LogP contribution in [0, 0.1) is 23.7 Å². The van der Waals surface area contributed by atoms with E-state index in [0.717, 1.165) is 12.8 Å². The molecule has 26 heavy (non-hydrogen) atoms. The molecule has 1 aliphatic heterocycles. The van der Waals surface area contributed by atoms with E-state index in [-0.39, 0.29) is 47.1 Å². The Morgan fingerprint density at radius 3 is 2.38 bits per heavy atom. The molecule has 0 unspecified atom stereocenters. The molecule has 8 nitrogen and oxygen atoms in total. The number of aromatic nitrogens is 1. The smallest absolute Gasteiger partial charge is 0.322 e. The molecule has 5 atom stereocenters. The summed E-state index contributed by atoms with van der Waals surface area (Å²) >= 11 is 0. The van der Waals surface area contributed by atoms with Crippen LogP contribution in [-0.4, -0.2) is 39.0 Å². The zero-order valence-electron chi connectivity index (χ0n) is 14.3. The van der Waals surface area contributed by atoms with Gasteiger partial charge in [-0.25, -0.2) is 9.78 Å². The average molecular weight is 356 g/mol. The molecule has 2 fully saturated rings. The predicted octanol–water partition coefficient (Wildman–Crippen LogP) is 1.45. The van der Waals surface area contributed by atoms with Crippen LogP contribution < -0.4 is 10.6 Å². The number of fused-ring (bicyclic) bond motifs is 1. The van der Waals surface area contributed by atoms with Crippen molar-refractivity contribution in [3.63, 3.8) is 0 Å². The van der Waals surface area contributed by atoms with Crippen molar-refractivity contribution in [2.24, 2.45) is 23.7 Å². The second-order valence-electron chi connectivity index (χ2n) is 7.03. The summed E-state index contributed by atoms with van der Waals surface area (Å²) in [5.41, 5.74) is 0. The molecule has 0 aromatic carbocycles. The van der Waals surface area contributed by atoms with Crippen LogP contribution in [0.1, 0.15) is 19.8 Å². The Kier molecular flexibility index (Phi) is 3.90. The number of urea groups is 1. The van der Waals surface area contributed by atoms with Crippen molar-refractivity contribution in [1.82, 2.24) is 15.2 Å². The van der Waals surface area contributed by atoms with Crippen LogP contribution in [0.25, 0.3) is 0 Å². The molecule has 4 aliphatic rings. The Balaban J connectivity index is 1.46. The number of aromatic hydroxyl groups is 1. The topological polar surface area (TPSA) is 112 Å². The van der Waals surface area contributed by atoms with Crippen molar-refractivity contribution >= 4 is 23.7 Å². The average Bonchev–Trinajstić information content (AvgIpc) is 2.91. The maximum absolute atomic E-state index is 12.8. The van der Waals surface area contributed by atoms with E-state index >= 15 is 0 Å². The summed E-state index contributed by atoms with van der Waals surface area (Å²) in [6, 6.07) is 2.28. The third-order valence-corrected chi connectivity index (χ3v) is 5.54. The Morgan fingerprint density at radius 2 is 1.85 bits per heavy atom. The van der Waals surface area contributed by atoms with Crippen molar-refractivity contribution in [3.8, 4) is 5.75 Å². The fraction of sp³-hybridized carbons (Fsp3) is 0.444.